The highest BCUT2D eigenvalue weighted by atomic mass is 16.6. The lowest BCUT2D eigenvalue weighted by Crippen LogP contribution is -2.74. The van der Waals surface area contributed by atoms with Gasteiger partial charge in [-0.25, -0.2) is 4.79 Å². The van der Waals surface area contributed by atoms with Crippen molar-refractivity contribution in [1.29, 1.82) is 0 Å². The predicted octanol–water partition coefficient (Wildman–Crippen LogP) is 1.34. The molecule has 0 saturated carbocycles. The zero-order valence-corrected chi connectivity index (χ0v) is 19.2. The topological polar surface area (TPSA) is 126 Å². The Morgan fingerprint density at radius 2 is 1.71 bits per heavy atom. The number of piperidine rings is 1. The number of anilines is 1. The molecule has 1 aromatic heterocycles. The van der Waals surface area contributed by atoms with Crippen molar-refractivity contribution in [3.63, 3.8) is 0 Å². The Morgan fingerprint density at radius 3 is 2.40 bits per heavy atom. The van der Waals surface area contributed by atoms with Gasteiger partial charge < -0.3 is 9.47 Å². The van der Waals surface area contributed by atoms with Gasteiger partial charge in [-0.05, 0) is 30.0 Å². The molecule has 6 rings (SSSR count). The van der Waals surface area contributed by atoms with Crippen LogP contribution in [0, 0.1) is 21.4 Å². The number of aromatic nitrogens is 1. The number of urea groups is 1. The number of pyridine rings is 1. The van der Waals surface area contributed by atoms with Gasteiger partial charge in [0.25, 0.3) is 11.2 Å². The molecule has 4 aliphatic heterocycles. The van der Waals surface area contributed by atoms with Crippen molar-refractivity contribution in [3.05, 3.63) is 68.1 Å². The smallest absolute Gasteiger partial charge is 0.332 e. The van der Waals surface area contributed by atoms with Crippen LogP contribution in [0.4, 0.5) is 16.2 Å². The number of barbiturate groups is 1. The number of amides is 4. The highest BCUT2D eigenvalue weighted by Gasteiger charge is 2.66. The number of hydrogen-bond donors (Lipinski definition) is 0. The monoisotopic (exact) mass is 477 g/mol. The molecule has 1 spiro atoms. The average Bonchev–Trinajstić information content (AvgIpc) is 2.85. The third kappa shape index (κ3) is 2.66. The van der Waals surface area contributed by atoms with Gasteiger partial charge in [0.1, 0.15) is 0 Å². The van der Waals surface area contributed by atoms with E-state index in [-0.39, 0.29) is 29.5 Å². The zero-order chi connectivity index (χ0) is 24.8. The Bertz CT molecular complexity index is 1380. The standard InChI is InChI=1S/C24H23N5O6/c1-25-21(31)24(22(32)26(2)23(25)33)10-14-9-15(29(34)35)6-7-17(14)28-12-13-8-16(20(24)28)18-4-3-5-19(30)27(18)11-13/h3-7,9,13,16,20H,8,10-12H2,1-2H3/t13-,16+,20-/m0/s1. The van der Waals surface area contributed by atoms with E-state index in [2.05, 4.69) is 0 Å². The molecule has 0 aliphatic carbocycles. The molecule has 0 N–H and O–H groups in total. The van der Waals surface area contributed by atoms with E-state index < -0.39 is 34.2 Å². The maximum Gasteiger partial charge on any atom is 0.332 e. The van der Waals surface area contributed by atoms with Crippen LogP contribution < -0.4 is 10.5 Å². The van der Waals surface area contributed by atoms with Crippen LogP contribution in [0.3, 0.4) is 0 Å². The Hall–Kier alpha value is -4.02. The van der Waals surface area contributed by atoms with Gasteiger partial charge >= 0.3 is 6.03 Å². The van der Waals surface area contributed by atoms with E-state index in [0.29, 0.717) is 25.1 Å². The summed E-state index contributed by atoms with van der Waals surface area (Å²) in [6, 6.07) is 8.23. The molecule has 0 unspecified atom stereocenters. The van der Waals surface area contributed by atoms with E-state index in [0.717, 1.165) is 21.2 Å². The second kappa shape index (κ2) is 7.00. The molecule has 1 aromatic carbocycles. The number of fused-ring (bicyclic) bond motifs is 9. The highest BCUT2D eigenvalue weighted by molar-refractivity contribution is 6.20. The molecule has 5 heterocycles. The number of nitrogens with zero attached hydrogens (tertiary/aromatic N) is 5. The van der Waals surface area contributed by atoms with Gasteiger partial charge in [-0.2, -0.15) is 0 Å². The van der Waals surface area contributed by atoms with Gasteiger partial charge in [0, 0.05) is 69.1 Å². The summed E-state index contributed by atoms with van der Waals surface area (Å²) >= 11 is 0. The number of nitro benzene ring substituents is 1. The fourth-order valence-corrected chi connectivity index (χ4v) is 6.76. The lowest BCUT2D eigenvalue weighted by Gasteiger charge is -2.59. The van der Waals surface area contributed by atoms with Crippen molar-refractivity contribution >= 4 is 29.2 Å². The molecular formula is C24H23N5O6. The lowest BCUT2D eigenvalue weighted by molar-refractivity contribution is -0.384. The van der Waals surface area contributed by atoms with Crippen LogP contribution in [0.5, 0.6) is 0 Å². The number of non-ortho nitro benzene ring substituents is 1. The molecule has 35 heavy (non-hydrogen) atoms. The van der Waals surface area contributed by atoms with Crippen LogP contribution in [-0.2, 0) is 22.6 Å². The number of carbonyl (C=O) groups excluding carboxylic acids is 3. The SMILES string of the molecule is CN1C(=O)N(C)C(=O)C2(Cc3cc([N+](=O)[O-])ccc3N3C[C@H]4C[C@H](c5cccc(=O)n5C4)[C@H]32)C1=O. The summed E-state index contributed by atoms with van der Waals surface area (Å²) in [7, 11) is 2.71. The van der Waals surface area contributed by atoms with Crippen LogP contribution in [0.25, 0.3) is 0 Å². The predicted molar refractivity (Wildman–Crippen MR) is 123 cm³/mol. The second-order valence-corrected chi connectivity index (χ2v) is 9.93. The van der Waals surface area contributed by atoms with E-state index in [9.17, 15) is 29.3 Å². The number of imide groups is 2. The molecule has 11 heteroatoms. The van der Waals surface area contributed by atoms with E-state index in [1.54, 1.807) is 16.7 Å². The van der Waals surface area contributed by atoms with Crippen molar-refractivity contribution in [3.8, 4) is 0 Å². The number of hydrogen-bond acceptors (Lipinski definition) is 7. The van der Waals surface area contributed by atoms with E-state index >= 15 is 0 Å². The first-order valence-corrected chi connectivity index (χ1v) is 11.5. The van der Waals surface area contributed by atoms with Gasteiger partial charge in [0.05, 0.1) is 11.0 Å². The molecule has 0 radical (unpaired) electrons. The molecule has 4 aliphatic rings. The lowest BCUT2D eigenvalue weighted by atomic mass is 9.60. The number of carbonyl (C=O) groups is 3. The zero-order valence-electron chi connectivity index (χ0n) is 19.2. The minimum atomic E-state index is -1.66. The van der Waals surface area contributed by atoms with Gasteiger partial charge in [-0.3, -0.25) is 34.3 Å². The molecule has 2 aromatic rings. The van der Waals surface area contributed by atoms with Gasteiger partial charge in [0.2, 0.25) is 11.8 Å². The molecule has 3 atom stereocenters. The van der Waals surface area contributed by atoms with Gasteiger partial charge in [-0.15, -0.1) is 0 Å². The largest absolute Gasteiger partial charge is 0.366 e. The van der Waals surface area contributed by atoms with Crippen molar-refractivity contribution in [2.24, 2.45) is 11.3 Å². The summed E-state index contributed by atoms with van der Waals surface area (Å²) in [5.74, 6) is -1.46. The fourth-order valence-electron chi connectivity index (χ4n) is 6.76. The quantitative estimate of drug-likeness (QED) is 0.345. The summed E-state index contributed by atoms with van der Waals surface area (Å²) in [4.78, 5) is 68.1. The first-order valence-electron chi connectivity index (χ1n) is 11.5. The van der Waals surface area contributed by atoms with Crippen LogP contribution in [0.15, 0.2) is 41.2 Å². The number of rotatable bonds is 1. The Kier molecular flexibility index (Phi) is 4.30. The summed E-state index contributed by atoms with van der Waals surface area (Å²) in [6.07, 6.45) is 0.625. The molecule has 4 amide bonds. The first-order chi connectivity index (χ1) is 16.6. The highest BCUT2D eigenvalue weighted by Crippen LogP contribution is 2.55. The minimum absolute atomic E-state index is 0.0664. The minimum Gasteiger partial charge on any atom is -0.366 e. The van der Waals surface area contributed by atoms with E-state index in [1.165, 1.54) is 32.3 Å². The summed E-state index contributed by atoms with van der Waals surface area (Å²) in [6.45, 7) is 1.00. The van der Waals surface area contributed by atoms with E-state index in [1.807, 2.05) is 11.0 Å². The van der Waals surface area contributed by atoms with Gasteiger partial charge in [0.15, 0.2) is 5.41 Å². The molecule has 11 nitrogen and oxygen atoms in total. The van der Waals surface area contributed by atoms with Gasteiger partial charge in [-0.1, -0.05) is 6.07 Å². The molecule has 180 valence electrons. The van der Waals surface area contributed by atoms with Crippen LogP contribution >= 0.6 is 0 Å². The summed E-state index contributed by atoms with van der Waals surface area (Å²) in [5.41, 5.74) is 0.117. The molecule has 2 fully saturated rings. The maximum atomic E-state index is 13.9. The van der Waals surface area contributed by atoms with Crippen molar-refractivity contribution < 1.29 is 19.3 Å². The van der Waals surface area contributed by atoms with E-state index in [4.69, 9.17) is 0 Å². The van der Waals surface area contributed by atoms with Crippen molar-refractivity contribution in [2.75, 3.05) is 25.5 Å². The third-order valence-electron chi connectivity index (χ3n) is 8.17. The fraction of sp³-hybridized carbons (Fsp3) is 0.417. The van der Waals surface area contributed by atoms with Crippen molar-refractivity contribution in [1.82, 2.24) is 14.4 Å². The second-order valence-electron chi connectivity index (χ2n) is 9.93. The number of benzene rings is 1. The summed E-state index contributed by atoms with van der Waals surface area (Å²) < 4.78 is 1.73. The molecular weight excluding hydrogens is 454 g/mol. The van der Waals surface area contributed by atoms with Crippen LogP contribution in [0.1, 0.15) is 23.6 Å². The Labute approximate surface area is 199 Å². The van der Waals surface area contributed by atoms with Crippen LogP contribution in [0.2, 0.25) is 0 Å². The number of nitro groups is 1. The maximum absolute atomic E-state index is 13.9. The Balaban J connectivity index is 1.63. The van der Waals surface area contributed by atoms with Crippen LogP contribution in [-0.4, -0.2) is 63.8 Å². The van der Waals surface area contributed by atoms with Crippen molar-refractivity contribution in [2.45, 2.75) is 31.3 Å². The molecule has 2 saturated heterocycles. The normalized spacial score (nSPS) is 26.4. The average molecular weight is 477 g/mol. The summed E-state index contributed by atoms with van der Waals surface area (Å²) in [5, 5.41) is 11.5. The molecule has 2 bridgehead atoms. The first kappa shape index (κ1) is 21.5. The third-order valence-corrected chi connectivity index (χ3v) is 8.17. The Morgan fingerprint density at radius 1 is 1.00 bits per heavy atom.